The van der Waals surface area contributed by atoms with Gasteiger partial charge in [0.05, 0.1) is 11.9 Å². The van der Waals surface area contributed by atoms with Gasteiger partial charge in [0.15, 0.2) is 6.23 Å². The number of aliphatic hydroxyl groups excluding tert-OH is 2. The van der Waals surface area contributed by atoms with Crippen LogP contribution in [0.2, 0.25) is 0 Å². The fourth-order valence-electron chi connectivity index (χ4n) is 4.40. The van der Waals surface area contributed by atoms with Crippen LogP contribution in [-0.4, -0.2) is 68.3 Å². The monoisotopic (exact) mass is 594 g/mol. The Bertz CT molecular complexity index is 1460. The van der Waals surface area contributed by atoms with E-state index in [-0.39, 0.29) is 5.30 Å². The van der Waals surface area contributed by atoms with E-state index in [1.54, 1.807) is 26.0 Å². The fraction of sp³-hybridized carbons (Fsp3) is 0.320. The second-order valence-electron chi connectivity index (χ2n) is 9.54. The number of phosphoric ester groups is 1. The Morgan fingerprint density at radius 1 is 1.02 bits per heavy atom. The smallest absolute Gasteiger partial charge is 0.466 e. The zero-order valence-corrected chi connectivity index (χ0v) is 23.1. The van der Waals surface area contributed by atoms with E-state index in [9.17, 15) is 33.9 Å². The summed E-state index contributed by atoms with van der Waals surface area (Å²) in [5, 5.41) is 23.5. The molecule has 5 N–H and O–H groups in total. The molecule has 40 heavy (non-hydrogen) atoms. The molecule has 0 saturated carbocycles. The van der Waals surface area contributed by atoms with Crippen LogP contribution >= 0.6 is 15.4 Å². The number of rotatable bonds is 8. The number of nitrogens with zero attached hydrogens (tertiary/aromatic N) is 1. The van der Waals surface area contributed by atoms with E-state index in [1.807, 2.05) is 30.3 Å². The standard InChI is InChI=1S/C25H28N2O11P2/c1-14-8-9-18(10-15(14)2)39(31,32)38-40(33,34)35-13-20-21(28)22(29)24(37-20)27-12-17-11-19(16-6-4-3-5-7-16)36-23(17)26-25(27)30/h3-12,20-24,28-29H,13H2,1-2H3,(H,26,30)(H,31,32)(H,33,34)/t20-,21-,22-,23?,24-/m1/s1. The Hall–Kier alpha value is -2.83. The number of carbonyl (C=O) groups is 1. The zero-order chi connectivity index (χ0) is 28.8. The van der Waals surface area contributed by atoms with Gasteiger partial charge in [0.2, 0.25) is 6.23 Å². The third-order valence-electron chi connectivity index (χ3n) is 6.72. The highest BCUT2D eigenvalue weighted by atomic mass is 31.3. The van der Waals surface area contributed by atoms with Gasteiger partial charge < -0.3 is 29.5 Å². The highest BCUT2D eigenvalue weighted by Gasteiger charge is 2.49. The van der Waals surface area contributed by atoms with Crippen LogP contribution in [0.3, 0.4) is 0 Å². The first-order chi connectivity index (χ1) is 18.8. The van der Waals surface area contributed by atoms with Gasteiger partial charge in [-0.25, -0.2) is 13.7 Å². The summed E-state index contributed by atoms with van der Waals surface area (Å²) < 4.78 is 45.9. The number of ether oxygens (including phenoxy) is 2. The van der Waals surface area contributed by atoms with E-state index in [2.05, 4.69) is 9.63 Å². The molecule has 0 spiro atoms. The number of hydrogen-bond donors (Lipinski definition) is 5. The average Bonchev–Trinajstić information content (AvgIpc) is 3.44. The lowest BCUT2D eigenvalue weighted by molar-refractivity contribution is -0.0670. The van der Waals surface area contributed by atoms with Crippen LogP contribution < -0.4 is 10.6 Å². The molecule has 0 aromatic heterocycles. The van der Waals surface area contributed by atoms with Gasteiger partial charge in [-0.1, -0.05) is 36.4 Å². The number of carbonyl (C=O) groups excluding carboxylic acids is 1. The SMILES string of the molecule is Cc1ccc(P(=O)(O)OP(=O)(O)OC[C@H]2O[C@@H](N3C=C4C=C(c5ccccc5)OC4NC3=O)[C@H](O)[C@@H]2O)cc1C. The maximum Gasteiger partial charge on any atom is 0.479 e. The average molecular weight is 594 g/mol. The highest BCUT2D eigenvalue weighted by Crippen LogP contribution is 2.59. The minimum Gasteiger partial charge on any atom is -0.466 e. The number of fused-ring (bicyclic) bond motifs is 1. The summed E-state index contributed by atoms with van der Waals surface area (Å²) in [5.74, 6) is 0.527. The van der Waals surface area contributed by atoms with Gasteiger partial charge in [0.1, 0.15) is 24.1 Å². The quantitative estimate of drug-likeness (QED) is 0.282. The molecular formula is C25H28N2O11P2. The summed E-state index contributed by atoms with van der Waals surface area (Å²) in [4.78, 5) is 34.2. The van der Waals surface area contributed by atoms with E-state index in [4.69, 9.17) is 14.0 Å². The molecule has 7 atom stereocenters. The second kappa shape index (κ2) is 10.9. The molecule has 1 saturated heterocycles. The molecule has 15 heteroatoms. The van der Waals surface area contributed by atoms with Gasteiger partial charge in [-0.3, -0.25) is 19.3 Å². The minimum atomic E-state index is -5.14. The van der Waals surface area contributed by atoms with Crippen LogP contribution in [0.15, 0.2) is 66.4 Å². The van der Waals surface area contributed by atoms with Crippen molar-refractivity contribution in [1.82, 2.24) is 10.2 Å². The summed E-state index contributed by atoms with van der Waals surface area (Å²) in [6.45, 7) is 2.69. The van der Waals surface area contributed by atoms with Crippen molar-refractivity contribution in [3.05, 3.63) is 83.1 Å². The zero-order valence-electron chi connectivity index (χ0n) is 21.4. The summed E-state index contributed by atoms with van der Waals surface area (Å²) in [5.41, 5.74) is 2.87. The Kier molecular flexibility index (Phi) is 7.79. The molecule has 3 aliphatic rings. The summed E-state index contributed by atoms with van der Waals surface area (Å²) in [7, 11) is -9.89. The number of aliphatic hydroxyl groups is 2. The predicted octanol–water partition coefficient (Wildman–Crippen LogP) is 2.00. The topological polar surface area (TPSA) is 184 Å². The first kappa shape index (κ1) is 28.7. The van der Waals surface area contributed by atoms with Crippen molar-refractivity contribution in [2.24, 2.45) is 0 Å². The Morgan fingerprint density at radius 3 is 2.45 bits per heavy atom. The van der Waals surface area contributed by atoms with Crippen molar-refractivity contribution >= 4 is 32.5 Å². The number of phosphoric acid groups is 1. The predicted molar refractivity (Wildman–Crippen MR) is 141 cm³/mol. The highest BCUT2D eigenvalue weighted by molar-refractivity contribution is 7.69. The number of amides is 2. The molecule has 3 aliphatic heterocycles. The van der Waals surface area contributed by atoms with Gasteiger partial charge in [0.25, 0.3) is 0 Å². The van der Waals surface area contributed by atoms with E-state index in [0.29, 0.717) is 16.9 Å². The number of urea groups is 1. The normalized spacial score (nSPS) is 29.0. The number of aryl methyl sites for hydroxylation is 2. The van der Waals surface area contributed by atoms with Gasteiger partial charge in [0, 0.05) is 17.3 Å². The molecule has 0 radical (unpaired) electrons. The van der Waals surface area contributed by atoms with Crippen LogP contribution in [-0.2, 0) is 27.4 Å². The Labute approximate surface area is 229 Å². The largest absolute Gasteiger partial charge is 0.479 e. The molecule has 3 unspecified atom stereocenters. The van der Waals surface area contributed by atoms with Crippen LogP contribution in [0.4, 0.5) is 4.79 Å². The van der Waals surface area contributed by atoms with Crippen LogP contribution in [0.25, 0.3) is 5.76 Å². The van der Waals surface area contributed by atoms with Crippen molar-refractivity contribution in [2.45, 2.75) is 44.6 Å². The summed E-state index contributed by atoms with van der Waals surface area (Å²) in [6.07, 6.45) is -3.66. The third-order valence-corrected chi connectivity index (χ3v) is 9.84. The van der Waals surface area contributed by atoms with Crippen molar-refractivity contribution in [1.29, 1.82) is 0 Å². The lowest BCUT2D eigenvalue weighted by atomic mass is 10.1. The Balaban J connectivity index is 1.25. The van der Waals surface area contributed by atoms with E-state index in [1.165, 1.54) is 18.3 Å². The molecule has 0 bridgehead atoms. The molecule has 214 valence electrons. The van der Waals surface area contributed by atoms with Crippen LogP contribution in [0, 0.1) is 13.8 Å². The van der Waals surface area contributed by atoms with Crippen molar-refractivity contribution in [3.63, 3.8) is 0 Å². The molecule has 2 amide bonds. The van der Waals surface area contributed by atoms with Crippen molar-refractivity contribution < 1.29 is 52.2 Å². The first-order valence-corrected chi connectivity index (χ1v) is 15.3. The third kappa shape index (κ3) is 5.80. The van der Waals surface area contributed by atoms with Gasteiger partial charge in [-0.2, -0.15) is 0 Å². The van der Waals surface area contributed by atoms with Crippen LogP contribution in [0.5, 0.6) is 0 Å². The molecule has 13 nitrogen and oxygen atoms in total. The van der Waals surface area contributed by atoms with Crippen molar-refractivity contribution in [2.75, 3.05) is 6.61 Å². The van der Waals surface area contributed by atoms with E-state index >= 15 is 0 Å². The molecule has 0 aliphatic carbocycles. The molecule has 2 aromatic rings. The first-order valence-electron chi connectivity index (χ1n) is 12.2. The van der Waals surface area contributed by atoms with Crippen molar-refractivity contribution in [3.8, 4) is 0 Å². The Morgan fingerprint density at radius 2 is 1.75 bits per heavy atom. The van der Waals surface area contributed by atoms with Gasteiger partial charge >= 0.3 is 21.4 Å². The summed E-state index contributed by atoms with van der Waals surface area (Å²) in [6, 6.07) is 12.8. The molecule has 2 aromatic carbocycles. The minimum absolute atomic E-state index is 0.205. The summed E-state index contributed by atoms with van der Waals surface area (Å²) >= 11 is 0. The molecule has 1 fully saturated rings. The van der Waals surface area contributed by atoms with Gasteiger partial charge in [-0.15, -0.1) is 0 Å². The molecule has 5 rings (SSSR count). The second-order valence-corrected chi connectivity index (χ2v) is 12.9. The number of hydrogen-bond acceptors (Lipinski definition) is 9. The maximum absolute atomic E-state index is 12.8. The molecule has 3 heterocycles. The van der Waals surface area contributed by atoms with E-state index < -0.39 is 58.8 Å². The lowest BCUT2D eigenvalue weighted by Crippen LogP contribution is -2.54. The van der Waals surface area contributed by atoms with Crippen LogP contribution in [0.1, 0.15) is 16.7 Å². The maximum atomic E-state index is 12.8. The number of nitrogens with one attached hydrogen (secondary N) is 1. The lowest BCUT2D eigenvalue weighted by Gasteiger charge is -2.33. The number of benzene rings is 2. The van der Waals surface area contributed by atoms with Gasteiger partial charge in [-0.05, 0) is 43.2 Å². The fourth-order valence-corrected chi connectivity index (χ4v) is 7.04. The molecular weight excluding hydrogens is 566 g/mol. The van der Waals surface area contributed by atoms with E-state index in [0.717, 1.165) is 16.0 Å².